The Morgan fingerprint density at radius 3 is 2.86 bits per heavy atom. The smallest absolute Gasteiger partial charge is 0.255 e. The Hall–Kier alpha value is -2.81. The second-order valence-corrected chi connectivity index (χ2v) is 5.48. The Bertz CT molecular complexity index is 941. The van der Waals surface area contributed by atoms with Crippen molar-refractivity contribution >= 4 is 16.6 Å². The van der Waals surface area contributed by atoms with Gasteiger partial charge in [-0.05, 0) is 54.3 Å². The van der Waals surface area contributed by atoms with Gasteiger partial charge in [0, 0.05) is 11.8 Å². The first kappa shape index (κ1) is 12.9. The van der Waals surface area contributed by atoms with Gasteiger partial charge < -0.3 is 4.74 Å². The van der Waals surface area contributed by atoms with Crippen LogP contribution in [0.25, 0.3) is 16.6 Å². The van der Waals surface area contributed by atoms with Crippen molar-refractivity contribution in [2.75, 3.05) is 0 Å². The molecule has 0 amide bonds. The maximum atomic E-state index is 12.4. The van der Waals surface area contributed by atoms with Crippen LogP contribution in [0, 0.1) is 0 Å². The number of nitrogens with zero attached hydrogens (tertiary/aromatic N) is 1. The van der Waals surface area contributed by atoms with Crippen LogP contribution in [0.1, 0.15) is 6.92 Å². The minimum Gasteiger partial charge on any atom is -0.486 e. The lowest BCUT2D eigenvalue weighted by atomic mass is 10.00. The Kier molecular flexibility index (Phi) is 2.86. The quantitative estimate of drug-likeness (QED) is 0.802. The molecule has 22 heavy (non-hydrogen) atoms. The summed E-state index contributed by atoms with van der Waals surface area (Å²) in [6.07, 6.45) is 9.90. The molecule has 0 saturated carbocycles. The molecule has 4 rings (SSSR count). The Labute approximate surface area is 128 Å². The molecular weight excluding hydrogens is 274 g/mol. The van der Waals surface area contributed by atoms with Gasteiger partial charge in [0.15, 0.2) is 0 Å². The van der Waals surface area contributed by atoms with E-state index in [1.54, 1.807) is 10.6 Å². The van der Waals surface area contributed by atoms with Crippen molar-refractivity contribution in [1.29, 1.82) is 0 Å². The van der Waals surface area contributed by atoms with Crippen molar-refractivity contribution in [3.8, 4) is 0 Å². The molecule has 0 bridgehead atoms. The Morgan fingerprint density at radius 2 is 1.95 bits per heavy atom. The number of hydrogen-bond acceptors (Lipinski definition) is 2. The van der Waals surface area contributed by atoms with E-state index in [9.17, 15) is 4.79 Å². The maximum Gasteiger partial charge on any atom is 0.255 e. The van der Waals surface area contributed by atoms with E-state index in [1.807, 2.05) is 67.6 Å². The minimum atomic E-state index is -0.0561. The Balaban J connectivity index is 1.92. The predicted molar refractivity (Wildman–Crippen MR) is 88.3 cm³/mol. The summed E-state index contributed by atoms with van der Waals surface area (Å²) in [5.74, 6) is 0.901. The molecule has 1 aromatic carbocycles. The molecule has 0 fully saturated rings. The number of pyridine rings is 1. The van der Waals surface area contributed by atoms with Gasteiger partial charge in [-0.25, -0.2) is 0 Å². The van der Waals surface area contributed by atoms with Gasteiger partial charge in [0.1, 0.15) is 6.10 Å². The molecule has 1 aliphatic heterocycles. The zero-order chi connectivity index (χ0) is 15.1. The zero-order valence-electron chi connectivity index (χ0n) is 12.2. The first-order valence-electron chi connectivity index (χ1n) is 7.28. The predicted octanol–water partition coefficient (Wildman–Crippen LogP) is 3.64. The van der Waals surface area contributed by atoms with Gasteiger partial charge in [0.05, 0.1) is 11.3 Å². The molecule has 0 spiro atoms. The van der Waals surface area contributed by atoms with Crippen LogP contribution in [-0.2, 0) is 4.74 Å². The van der Waals surface area contributed by atoms with Gasteiger partial charge in [-0.1, -0.05) is 24.3 Å². The van der Waals surface area contributed by atoms with Gasteiger partial charge in [-0.2, -0.15) is 0 Å². The lowest BCUT2D eigenvalue weighted by Crippen LogP contribution is -2.22. The molecular formula is C19H15NO2. The molecule has 0 N–H and O–H groups in total. The third-order valence-electron chi connectivity index (χ3n) is 3.97. The molecule has 1 unspecified atom stereocenters. The van der Waals surface area contributed by atoms with E-state index in [1.165, 1.54) is 0 Å². The molecule has 2 heterocycles. The van der Waals surface area contributed by atoms with E-state index in [-0.39, 0.29) is 11.7 Å². The van der Waals surface area contributed by atoms with Crippen LogP contribution in [0.3, 0.4) is 0 Å². The number of fused-ring (bicyclic) bond motifs is 2. The Morgan fingerprint density at radius 1 is 1.09 bits per heavy atom. The van der Waals surface area contributed by atoms with Crippen molar-refractivity contribution in [2.45, 2.75) is 13.0 Å². The normalized spacial score (nSPS) is 19.9. The number of allylic oxidation sites excluding steroid dienone is 5. The highest BCUT2D eigenvalue weighted by Crippen LogP contribution is 2.27. The summed E-state index contributed by atoms with van der Waals surface area (Å²) < 4.78 is 7.51. The zero-order valence-corrected chi connectivity index (χ0v) is 12.2. The summed E-state index contributed by atoms with van der Waals surface area (Å²) in [4.78, 5) is 12.4. The van der Waals surface area contributed by atoms with Crippen LogP contribution in [0.15, 0.2) is 82.9 Å². The van der Waals surface area contributed by atoms with Crippen LogP contribution in [0.5, 0.6) is 0 Å². The van der Waals surface area contributed by atoms with Gasteiger partial charge in [-0.15, -0.1) is 0 Å². The SMILES string of the molecule is CC1=CC=C2C=C(n3c(=O)ccc4ccccc43)C=CC2O1. The minimum absolute atomic E-state index is 0.0305. The average Bonchev–Trinajstić information content (AvgIpc) is 2.54. The number of rotatable bonds is 1. The van der Waals surface area contributed by atoms with Gasteiger partial charge in [0.2, 0.25) is 0 Å². The van der Waals surface area contributed by atoms with Crippen molar-refractivity contribution in [3.05, 3.63) is 88.5 Å². The second kappa shape index (κ2) is 4.88. The van der Waals surface area contributed by atoms with E-state index in [0.29, 0.717) is 0 Å². The van der Waals surface area contributed by atoms with Crippen LogP contribution in [0.4, 0.5) is 0 Å². The summed E-state index contributed by atoms with van der Waals surface area (Å²) in [5, 5.41) is 1.04. The van der Waals surface area contributed by atoms with Crippen LogP contribution >= 0.6 is 0 Å². The van der Waals surface area contributed by atoms with Crippen molar-refractivity contribution < 1.29 is 4.74 Å². The summed E-state index contributed by atoms with van der Waals surface area (Å²) in [6.45, 7) is 1.94. The lowest BCUT2D eigenvalue weighted by Gasteiger charge is -2.25. The molecule has 0 radical (unpaired) electrons. The fourth-order valence-electron chi connectivity index (χ4n) is 2.89. The van der Waals surface area contributed by atoms with E-state index >= 15 is 0 Å². The van der Waals surface area contributed by atoms with Crippen molar-refractivity contribution in [3.63, 3.8) is 0 Å². The molecule has 2 aliphatic rings. The van der Waals surface area contributed by atoms with Gasteiger partial charge in [0.25, 0.3) is 5.56 Å². The molecule has 108 valence electrons. The van der Waals surface area contributed by atoms with Crippen LogP contribution in [-0.4, -0.2) is 10.7 Å². The van der Waals surface area contributed by atoms with Crippen molar-refractivity contribution in [2.24, 2.45) is 0 Å². The molecule has 3 heteroatoms. The van der Waals surface area contributed by atoms with Gasteiger partial charge >= 0.3 is 0 Å². The molecule has 1 atom stereocenters. The van der Waals surface area contributed by atoms with Crippen LogP contribution in [0.2, 0.25) is 0 Å². The number of ether oxygens (including phenoxy) is 1. The summed E-state index contributed by atoms with van der Waals surface area (Å²) in [7, 11) is 0. The third kappa shape index (κ3) is 2.02. The molecule has 0 saturated heterocycles. The third-order valence-corrected chi connectivity index (χ3v) is 3.97. The maximum absolute atomic E-state index is 12.4. The molecule has 3 nitrogen and oxygen atoms in total. The highest BCUT2D eigenvalue weighted by atomic mass is 16.5. The summed E-state index contributed by atoms with van der Waals surface area (Å²) in [5.41, 5.74) is 2.80. The van der Waals surface area contributed by atoms with E-state index in [4.69, 9.17) is 4.74 Å². The largest absolute Gasteiger partial charge is 0.486 e. The fourth-order valence-corrected chi connectivity index (χ4v) is 2.89. The standard InChI is InChI=1S/C19H15NO2/c1-13-6-7-15-12-16(9-10-18(15)22-13)20-17-5-3-2-4-14(17)8-11-19(20)21/h2-12,18H,1H3. The summed E-state index contributed by atoms with van der Waals surface area (Å²) >= 11 is 0. The van der Waals surface area contributed by atoms with Crippen LogP contribution < -0.4 is 5.56 Å². The number of hydrogen-bond donors (Lipinski definition) is 0. The van der Waals surface area contributed by atoms with E-state index < -0.39 is 0 Å². The van der Waals surface area contributed by atoms with Crippen molar-refractivity contribution in [1.82, 2.24) is 4.57 Å². The highest BCUT2D eigenvalue weighted by Gasteiger charge is 2.19. The number of aromatic nitrogens is 1. The fraction of sp³-hybridized carbons (Fsp3) is 0.105. The number of para-hydroxylation sites is 1. The first-order valence-corrected chi connectivity index (χ1v) is 7.28. The summed E-state index contributed by atoms with van der Waals surface area (Å²) in [6, 6.07) is 11.4. The average molecular weight is 289 g/mol. The first-order chi connectivity index (χ1) is 10.7. The second-order valence-electron chi connectivity index (χ2n) is 5.48. The topological polar surface area (TPSA) is 31.2 Å². The molecule has 1 aromatic heterocycles. The molecule has 1 aliphatic carbocycles. The van der Waals surface area contributed by atoms with Gasteiger partial charge in [-0.3, -0.25) is 9.36 Å². The molecule has 2 aromatic rings. The number of benzene rings is 1. The highest BCUT2D eigenvalue weighted by molar-refractivity contribution is 5.84. The lowest BCUT2D eigenvalue weighted by molar-refractivity contribution is 0.182. The van der Waals surface area contributed by atoms with E-state index in [0.717, 1.165) is 27.9 Å². The van der Waals surface area contributed by atoms with E-state index in [2.05, 4.69) is 0 Å². The monoisotopic (exact) mass is 289 g/mol.